The zero-order chi connectivity index (χ0) is 23.3. The molecule has 4 bridgehead atoms. The summed E-state index contributed by atoms with van der Waals surface area (Å²) < 4.78 is 0. The van der Waals surface area contributed by atoms with Gasteiger partial charge in [0.05, 0.1) is 11.5 Å². The van der Waals surface area contributed by atoms with E-state index < -0.39 is 29.1 Å². The Morgan fingerprint density at radius 1 is 0.781 bits per heavy atom. The molecule has 0 unspecified atom stereocenters. The van der Waals surface area contributed by atoms with Gasteiger partial charge in [-0.15, -0.1) is 0 Å². The average molecular weight is 437 g/mol. The van der Waals surface area contributed by atoms with Crippen LogP contribution in [-0.4, -0.2) is 23.0 Å². The second-order valence-electron chi connectivity index (χ2n) is 8.94. The molecule has 4 aliphatic carbocycles. The molecule has 2 aromatic rings. The van der Waals surface area contributed by atoms with Crippen LogP contribution in [0.25, 0.3) is 0 Å². The van der Waals surface area contributed by atoms with E-state index in [9.17, 15) is 29.7 Å². The summed E-state index contributed by atoms with van der Waals surface area (Å²) in [4.78, 5) is 31.5. The predicted octanol–water partition coefficient (Wildman–Crippen LogP) is 1.46. The van der Waals surface area contributed by atoms with E-state index in [2.05, 4.69) is 0 Å². The number of para-hydroxylation sites is 1. The zero-order valence-electron chi connectivity index (χ0n) is 17.6. The molecule has 4 aliphatic rings. The van der Waals surface area contributed by atoms with Crippen LogP contribution in [0.3, 0.4) is 0 Å². The lowest BCUT2D eigenvalue weighted by molar-refractivity contribution is -0.327. The van der Waals surface area contributed by atoms with Crippen LogP contribution in [0.5, 0.6) is 5.75 Å². The highest BCUT2D eigenvalue weighted by molar-refractivity contribution is 5.90. The second kappa shape index (κ2) is 9.85. The van der Waals surface area contributed by atoms with Gasteiger partial charge in [-0.2, -0.15) is 0 Å². The van der Waals surface area contributed by atoms with E-state index in [0.29, 0.717) is 17.8 Å². The minimum atomic E-state index is -1.18. The molecule has 32 heavy (non-hydrogen) atoms. The van der Waals surface area contributed by atoms with Crippen LogP contribution in [-0.2, 0) is 4.79 Å². The summed E-state index contributed by atoms with van der Waals surface area (Å²) in [6, 6.07) is 13.6. The molecular formula is C25H25O7-3. The molecule has 0 radical (unpaired) electrons. The molecule has 0 atom stereocenters. The van der Waals surface area contributed by atoms with Gasteiger partial charge in [0.1, 0.15) is 0 Å². The molecule has 0 aliphatic heterocycles. The summed E-state index contributed by atoms with van der Waals surface area (Å²) in [5.74, 6) is -1.37. The molecule has 2 aromatic carbocycles. The van der Waals surface area contributed by atoms with Crippen molar-refractivity contribution >= 4 is 17.9 Å². The van der Waals surface area contributed by atoms with Gasteiger partial charge in [-0.1, -0.05) is 54.3 Å². The molecule has 6 rings (SSSR count). The van der Waals surface area contributed by atoms with Crippen molar-refractivity contribution in [1.82, 2.24) is 0 Å². The summed E-state index contributed by atoms with van der Waals surface area (Å²) in [6.45, 7) is 0. The van der Waals surface area contributed by atoms with Crippen LogP contribution < -0.4 is 15.3 Å². The Bertz CT molecular complexity index is 932. The normalized spacial score (nSPS) is 26.7. The van der Waals surface area contributed by atoms with Gasteiger partial charge in [0.15, 0.2) is 0 Å². The van der Waals surface area contributed by atoms with Gasteiger partial charge in [0, 0.05) is 11.4 Å². The second-order valence-corrected chi connectivity index (χ2v) is 8.94. The molecule has 1 N–H and O–H groups in total. The maximum absolute atomic E-state index is 11.1. The van der Waals surface area contributed by atoms with Crippen molar-refractivity contribution in [3.05, 3.63) is 65.7 Å². The highest BCUT2D eigenvalue weighted by atomic mass is 16.4. The van der Waals surface area contributed by atoms with Gasteiger partial charge in [-0.3, -0.25) is 0 Å². The maximum atomic E-state index is 11.1. The third-order valence-electron chi connectivity index (χ3n) is 6.60. The maximum Gasteiger partial charge on any atom is 0.335 e. The van der Waals surface area contributed by atoms with Crippen molar-refractivity contribution in [2.75, 3.05) is 0 Å². The number of aromatic carboxylic acids is 2. The van der Waals surface area contributed by atoms with E-state index in [0.717, 1.165) is 19.3 Å². The molecule has 4 fully saturated rings. The molecule has 7 heteroatoms. The van der Waals surface area contributed by atoms with E-state index in [-0.39, 0.29) is 11.1 Å². The largest absolute Gasteiger partial charge is 0.872 e. The van der Waals surface area contributed by atoms with Crippen LogP contribution in [0.2, 0.25) is 0 Å². The van der Waals surface area contributed by atoms with Crippen LogP contribution in [0.4, 0.5) is 0 Å². The van der Waals surface area contributed by atoms with Gasteiger partial charge >= 0.3 is 5.97 Å². The predicted molar refractivity (Wildman–Crippen MR) is 109 cm³/mol. The standard InChI is InChI=1S/C11H16O2.C7H6O3.C7H6O2/c12-10(13)11-4-7-1-8(5-11)3-9(2-7)6-11;8-6-4-2-1-3-5(6)7(9)10;8-7(9)6-4-2-1-3-5-6/h7-9H,1-6H2,(H,12,13);1-4,8H,(H,9,10);1-5H,(H,8,9)/p-3. The fraction of sp³-hybridized carbons (Fsp3) is 0.400. The highest BCUT2D eigenvalue weighted by Crippen LogP contribution is 2.59. The van der Waals surface area contributed by atoms with Gasteiger partial charge in [-0.05, 0) is 67.9 Å². The van der Waals surface area contributed by atoms with Crippen molar-refractivity contribution < 1.29 is 34.8 Å². The molecule has 0 heterocycles. The van der Waals surface area contributed by atoms with Gasteiger partial charge in [0.2, 0.25) is 0 Å². The highest BCUT2D eigenvalue weighted by Gasteiger charge is 2.51. The van der Waals surface area contributed by atoms with E-state index in [4.69, 9.17) is 5.11 Å². The average Bonchev–Trinajstić information content (AvgIpc) is 2.74. The summed E-state index contributed by atoms with van der Waals surface area (Å²) in [7, 11) is 0. The molecule has 4 saturated carbocycles. The first-order valence-corrected chi connectivity index (χ1v) is 10.7. The van der Waals surface area contributed by atoms with Crippen LogP contribution in [0.15, 0.2) is 54.6 Å². The van der Waals surface area contributed by atoms with Crippen molar-refractivity contribution in [3.8, 4) is 5.75 Å². The Hall–Kier alpha value is -3.35. The Labute approximate surface area is 186 Å². The van der Waals surface area contributed by atoms with Gasteiger partial charge in [-0.25, -0.2) is 4.79 Å². The fourth-order valence-electron chi connectivity index (χ4n) is 5.58. The molecule has 0 saturated heterocycles. The minimum absolute atomic E-state index is 0.178. The number of carboxylic acid groups (broad SMARTS) is 3. The van der Waals surface area contributed by atoms with E-state index >= 15 is 0 Å². The lowest BCUT2D eigenvalue weighted by atomic mass is 9.49. The third kappa shape index (κ3) is 5.46. The Balaban J connectivity index is 0.000000139. The summed E-state index contributed by atoms with van der Waals surface area (Å²) >= 11 is 0. The van der Waals surface area contributed by atoms with Gasteiger partial charge in [0.25, 0.3) is 0 Å². The Morgan fingerprint density at radius 3 is 1.59 bits per heavy atom. The quantitative estimate of drug-likeness (QED) is 0.766. The number of aliphatic carboxylic acids is 1. The lowest BCUT2D eigenvalue weighted by Crippen LogP contribution is -2.54. The monoisotopic (exact) mass is 437 g/mol. The van der Waals surface area contributed by atoms with Gasteiger partial charge < -0.3 is 30.0 Å². The molecule has 0 amide bonds. The van der Waals surface area contributed by atoms with Crippen molar-refractivity contribution in [2.24, 2.45) is 23.2 Å². The lowest BCUT2D eigenvalue weighted by Gasteiger charge is -2.57. The Morgan fingerprint density at radius 2 is 1.25 bits per heavy atom. The summed E-state index contributed by atoms with van der Waals surface area (Å²) in [6.07, 6.45) is 6.65. The first kappa shape index (κ1) is 23.3. The zero-order valence-corrected chi connectivity index (χ0v) is 17.6. The molecule has 7 nitrogen and oxygen atoms in total. The van der Waals surface area contributed by atoms with Crippen LogP contribution in [0, 0.1) is 23.2 Å². The van der Waals surface area contributed by atoms with E-state index in [1.807, 2.05) is 0 Å². The molecule has 0 spiro atoms. The number of hydrogen-bond acceptors (Lipinski definition) is 6. The first-order chi connectivity index (χ1) is 15.2. The van der Waals surface area contributed by atoms with E-state index in [1.165, 1.54) is 55.7 Å². The van der Waals surface area contributed by atoms with Crippen molar-refractivity contribution in [1.29, 1.82) is 0 Å². The minimum Gasteiger partial charge on any atom is -0.872 e. The first-order valence-electron chi connectivity index (χ1n) is 10.7. The fourth-order valence-corrected chi connectivity index (χ4v) is 5.58. The Kier molecular flexibility index (Phi) is 7.18. The number of hydrogen-bond donors (Lipinski definition) is 1. The third-order valence-corrected chi connectivity index (χ3v) is 6.60. The smallest absolute Gasteiger partial charge is 0.335 e. The van der Waals surface area contributed by atoms with Crippen LogP contribution >= 0.6 is 0 Å². The number of carbonyl (C=O) groups is 3. The number of carbonyl (C=O) groups excluding carboxylic acids is 2. The molecular weight excluding hydrogens is 412 g/mol. The van der Waals surface area contributed by atoms with E-state index in [1.54, 1.807) is 18.2 Å². The number of rotatable bonds is 3. The number of benzene rings is 2. The summed E-state index contributed by atoms with van der Waals surface area (Å²) in [5, 5.41) is 40.3. The van der Waals surface area contributed by atoms with Crippen molar-refractivity contribution in [3.63, 3.8) is 0 Å². The molecule has 0 aromatic heterocycles. The summed E-state index contributed by atoms with van der Waals surface area (Å²) in [5.41, 5.74) is -0.352. The topological polar surface area (TPSA) is 141 Å². The number of carboxylic acids is 3. The SMILES string of the molecule is O=C(O)c1ccccc1[O-].O=C([O-])C12CC3CC(CC(C3)C1)C2.O=C([O-])c1ccccc1. The molecule has 170 valence electrons. The van der Waals surface area contributed by atoms with Crippen LogP contribution in [0.1, 0.15) is 59.2 Å². The van der Waals surface area contributed by atoms with Crippen molar-refractivity contribution in [2.45, 2.75) is 38.5 Å².